The van der Waals surface area contributed by atoms with Crippen LogP contribution in [0, 0.1) is 0 Å². The molecule has 7 aromatic rings. The zero-order valence-corrected chi connectivity index (χ0v) is 28.8. The number of rotatable bonds is 4. The molecule has 3 aromatic heterocycles. The van der Waals surface area contributed by atoms with E-state index in [2.05, 4.69) is 0 Å². The molecule has 8 bridgehead atoms. The summed E-state index contributed by atoms with van der Waals surface area (Å²) >= 11 is 0. The van der Waals surface area contributed by atoms with Crippen molar-refractivity contribution >= 4 is 45.9 Å². The molecule has 0 radical (unpaired) electrons. The van der Waals surface area contributed by atoms with Gasteiger partial charge in [0, 0.05) is 0 Å². The van der Waals surface area contributed by atoms with Crippen molar-refractivity contribution in [3.05, 3.63) is 168 Å². The maximum absolute atomic E-state index is 15.2. The molecule has 0 unspecified atom stereocenters. The van der Waals surface area contributed by atoms with Gasteiger partial charge in [0.15, 0.2) is 0 Å². The number of benzene rings is 4. The molecule has 0 fully saturated rings. The topological polar surface area (TPSA) is 54.0 Å². The van der Waals surface area contributed by atoms with Crippen molar-refractivity contribution < 1.29 is 29.7 Å². The Hall–Kier alpha value is -6.24. The molecule has 0 saturated heterocycles. The molecule has 4 aromatic carbocycles. The number of allylic oxidation sites excluding steroid dienone is 1. The first-order valence-electron chi connectivity index (χ1n) is 16.8. The van der Waals surface area contributed by atoms with Crippen LogP contribution in [0.25, 0.3) is 90.4 Å². The third kappa shape index (κ3) is 6.21. The molecule has 2 aliphatic rings. The molecule has 258 valence electrons. The van der Waals surface area contributed by atoms with E-state index in [9.17, 15) is 0 Å². The Morgan fingerprint density at radius 1 is 0.396 bits per heavy atom. The van der Waals surface area contributed by atoms with Crippen LogP contribution in [0.5, 0.6) is 0 Å². The van der Waals surface area contributed by atoms with Gasteiger partial charge in [0.25, 0.3) is 0 Å². The van der Waals surface area contributed by atoms with Crippen LogP contribution in [-0.4, -0.2) is 16.1 Å². The van der Waals surface area contributed by atoms with Crippen molar-refractivity contribution in [3.8, 4) is 44.5 Å². The van der Waals surface area contributed by atoms with Crippen molar-refractivity contribution in [2.75, 3.05) is 0 Å². The van der Waals surface area contributed by atoms with Gasteiger partial charge in [0.05, 0.1) is 28.3 Å². The number of hydrogen-bond donors (Lipinski definition) is 0. The predicted molar refractivity (Wildman–Crippen MR) is 204 cm³/mol. The minimum absolute atomic E-state index is 0. The van der Waals surface area contributed by atoms with Gasteiger partial charge in [-0.25, -0.2) is 9.97 Å². The fourth-order valence-electron chi connectivity index (χ4n) is 6.98. The average molecular weight is 739 g/mol. The summed E-state index contributed by atoms with van der Waals surface area (Å²) in [5.41, 5.74) is 7.97. The summed E-state index contributed by atoms with van der Waals surface area (Å²) in [6, 6.07) is 45.4. The average Bonchev–Trinajstić information content (AvgIpc) is 4.00. The van der Waals surface area contributed by atoms with Crippen molar-refractivity contribution in [1.82, 2.24) is 19.9 Å². The van der Waals surface area contributed by atoms with Crippen molar-refractivity contribution in [3.63, 3.8) is 0 Å². The molecule has 8 heteroatoms. The van der Waals surface area contributed by atoms with Crippen LogP contribution < -0.4 is 9.97 Å². The Kier molecular flexibility index (Phi) is 8.77. The minimum Gasteiger partial charge on any atom is -0.657 e. The first kappa shape index (κ1) is 33.9. The summed E-state index contributed by atoms with van der Waals surface area (Å²) in [6.45, 7) is 0. The molecule has 0 saturated carbocycles. The van der Waals surface area contributed by atoms with Gasteiger partial charge in [0.2, 0.25) is 0 Å². The second-order valence-electron chi connectivity index (χ2n) is 12.5. The second-order valence-corrected chi connectivity index (χ2v) is 12.5. The van der Waals surface area contributed by atoms with Crippen molar-refractivity contribution in [1.29, 1.82) is 0 Å². The monoisotopic (exact) mass is 738 g/mol. The molecule has 9 rings (SSSR count). The second kappa shape index (κ2) is 13.7. The van der Waals surface area contributed by atoms with E-state index < -0.39 is 11.7 Å². The zero-order valence-electron chi connectivity index (χ0n) is 27.8. The Bertz CT molecular complexity index is 2700. The van der Waals surface area contributed by atoms with E-state index in [-0.39, 0.29) is 33.4 Å². The summed E-state index contributed by atoms with van der Waals surface area (Å²) in [4.78, 5) is 20.2. The van der Waals surface area contributed by atoms with E-state index in [1.54, 1.807) is 30.3 Å². The summed E-state index contributed by atoms with van der Waals surface area (Å²) in [5.74, 6) is 0. The maximum Gasteiger partial charge on any atom is 2.00 e. The maximum atomic E-state index is 15.2. The van der Waals surface area contributed by atoms with Gasteiger partial charge >= 0.3 is 22.7 Å². The standard InChI is InChI=1S/C45H27F3N4.Ni/c46-45(47,48)32-27-39-42(30-17-9-3-10-18-30)37-24-23-35(50-37)40(28-13-5-1-6-14-28)33-21-22-34(49-33)41(29-15-7-2-8-16-29)36-25-26-38(51-36)43(44(32)52-39)31-19-11-4-12-20-31;/h1-27H;/q-2;+2. The zero-order chi connectivity index (χ0) is 35.2. The molecule has 5 heterocycles. The first-order valence-corrected chi connectivity index (χ1v) is 16.8. The summed E-state index contributed by atoms with van der Waals surface area (Å²) in [5, 5.41) is 0. The van der Waals surface area contributed by atoms with Gasteiger partial charge in [-0.05, 0) is 62.7 Å². The number of fused-ring (bicyclic) bond motifs is 8. The Morgan fingerprint density at radius 2 is 0.736 bits per heavy atom. The van der Waals surface area contributed by atoms with Gasteiger partial charge in [0.1, 0.15) is 0 Å². The van der Waals surface area contributed by atoms with Crippen LogP contribution >= 0.6 is 0 Å². The normalized spacial score (nSPS) is 12.3. The molecular weight excluding hydrogens is 712 g/mol. The van der Waals surface area contributed by atoms with E-state index in [1.165, 1.54) is 0 Å². The van der Waals surface area contributed by atoms with Crippen molar-refractivity contribution in [2.24, 2.45) is 0 Å². The van der Waals surface area contributed by atoms with E-state index in [0.29, 0.717) is 50.1 Å². The summed E-state index contributed by atoms with van der Waals surface area (Å²) < 4.78 is 45.6. The van der Waals surface area contributed by atoms with Crippen LogP contribution in [0.3, 0.4) is 0 Å². The molecule has 0 atom stereocenters. The van der Waals surface area contributed by atoms with Crippen molar-refractivity contribution in [2.45, 2.75) is 6.18 Å². The molecule has 0 spiro atoms. The van der Waals surface area contributed by atoms with Crippen LogP contribution in [0.1, 0.15) is 22.8 Å². The molecule has 0 N–H and O–H groups in total. The molecular formula is C45H27F3N4Ni. The fraction of sp³-hybridized carbons (Fsp3) is 0.0222. The summed E-state index contributed by atoms with van der Waals surface area (Å²) in [6.07, 6.45) is 0.383. The van der Waals surface area contributed by atoms with Crippen LogP contribution in [-0.2, 0) is 16.5 Å². The fourth-order valence-corrected chi connectivity index (χ4v) is 6.98. The predicted octanol–water partition coefficient (Wildman–Crippen LogP) is 11.5. The number of halogens is 3. The van der Waals surface area contributed by atoms with Gasteiger partial charge < -0.3 is 9.97 Å². The molecule has 53 heavy (non-hydrogen) atoms. The Morgan fingerprint density at radius 3 is 1.11 bits per heavy atom. The first-order chi connectivity index (χ1) is 25.4. The van der Waals surface area contributed by atoms with E-state index >= 15 is 13.2 Å². The van der Waals surface area contributed by atoms with Gasteiger partial charge in [-0.15, -0.1) is 22.1 Å². The Balaban J connectivity index is 0.00000400. The largest absolute Gasteiger partial charge is 2.00 e. The number of alkyl halides is 3. The van der Waals surface area contributed by atoms with E-state index in [1.807, 2.05) is 127 Å². The van der Waals surface area contributed by atoms with Crippen LogP contribution in [0.2, 0.25) is 0 Å². The molecule has 0 amide bonds. The van der Waals surface area contributed by atoms with Gasteiger partial charge in [-0.1, -0.05) is 146 Å². The van der Waals surface area contributed by atoms with Crippen LogP contribution in [0.4, 0.5) is 13.2 Å². The smallest absolute Gasteiger partial charge is 0.657 e. The number of nitrogens with zero attached hydrogens (tertiary/aromatic N) is 4. The van der Waals surface area contributed by atoms with E-state index in [0.717, 1.165) is 28.3 Å². The third-order valence-corrected chi connectivity index (χ3v) is 9.27. The third-order valence-electron chi connectivity index (χ3n) is 9.27. The quantitative estimate of drug-likeness (QED) is 0.169. The van der Waals surface area contributed by atoms with Gasteiger partial charge in [-0.2, -0.15) is 13.2 Å². The van der Waals surface area contributed by atoms with Gasteiger partial charge in [-0.3, -0.25) is 0 Å². The molecule has 0 aliphatic carbocycles. The number of hydrogen-bond acceptors (Lipinski definition) is 2. The molecule has 4 nitrogen and oxygen atoms in total. The Labute approximate surface area is 313 Å². The molecule has 2 aliphatic heterocycles. The minimum atomic E-state index is -4.71. The summed E-state index contributed by atoms with van der Waals surface area (Å²) in [7, 11) is 0. The van der Waals surface area contributed by atoms with E-state index in [4.69, 9.17) is 19.9 Å². The number of aromatic nitrogens is 4. The SMILES string of the molecule is FC(F)(F)C1=Cc2nc1c(-c1ccccc1)c1ccc([n-]1)c(-c1ccccc1)c1nc(c(-c3ccccc3)c3ccc([n-]3)c2-c2ccccc2)C=C1.[Ni+2]. The van der Waals surface area contributed by atoms with Crippen LogP contribution in [0.15, 0.2) is 146 Å².